The fourth-order valence-electron chi connectivity index (χ4n) is 1.02. The predicted molar refractivity (Wildman–Crippen MR) is 55.6 cm³/mol. The standard InChI is InChI=1S/C9H15BrN2O/c1-4-9(3,13)6-12-7(2)8(10)5-11-12/h5,13H,4,6H2,1-3H3. The van der Waals surface area contributed by atoms with Crippen LogP contribution in [0.5, 0.6) is 0 Å². The van der Waals surface area contributed by atoms with Crippen LogP contribution in [0.1, 0.15) is 26.0 Å². The van der Waals surface area contributed by atoms with Gasteiger partial charge in [-0.3, -0.25) is 4.68 Å². The van der Waals surface area contributed by atoms with Gasteiger partial charge < -0.3 is 5.11 Å². The van der Waals surface area contributed by atoms with E-state index in [1.54, 1.807) is 6.20 Å². The summed E-state index contributed by atoms with van der Waals surface area (Å²) in [5.74, 6) is 0. The second-order valence-corrected chi connectivity index (χ2v) is 4.44. The van der Waals surface area contributed by atoms with Crippen LogP contribution in [0.4, 0.5) is 0 Å². The van der Waals surface area contributed by atoms with Crippen molar-refractivity contribution in [1.82, 2.24) is 9.78 Å². The molecule has 0 saturated carbocycles. The molecule has 1 aromatic rings. The van der Waals surface area contributed by atoms with E-state index in [0.29, 0.717) is 6.54 Å². The van der Waals surface area contributed by atoms with Crippen LogP contribution in [0.3, 0.4) is 0 Å². The first-order valence-corrected chi connectivity index (χ1v) is 5.16. The van der Waals surface area contributed by atoms with Crippen molar-refractivity contribution in [2.45, 2.75) is 39.3 Å². The summed E-state index contributed by atoms with van der Waals surface area (Å²) in [6.45, 7) is 6.31. The average molecular weight is 247 g/mol. The lowest BCUT2D eigenvalue weighted by Crippen LogP contribution is -2.30. The number of aromatic nitrogens is 2. The zero-order chi connectivity index (χ0) is 10.1. The molecule has 0 aliphatic rings. The minimum absolute atomic E-state index is 0.543. The van der Waals surface area contributed by atoms with Crippen molar-refractivity contribution in [2.24, 2.45) is 0 Å². The van der Waals surface area contributed by atoms with Crippen LogP contribution >= 0.6 is 15.9 Å². The highest BCUT2D eigenvalue weighted by molar-refractivity contribution is 9.10. The average Bonchev–Trinajstić information content (AvgIpc) is 2.36. The van der Waals surface area contributed by atoms with E-state index in [1.165, 1.54) is 0 Å². The van der Waals surface area contributed by atoms with Crippen LogP contribution < -0.4 is 0 Å². The summed E-state index contributed by atoms with van der Waals surface area (Å²) in [5.41, 5.74) is 0.379. The molecule has 0 aromatic carbocycles. The minimum atomic E-state index is -0.670. The molecule has 1 N–H and O–H groups in total. The summed E-state index contributed by atoms with van der Waals surface area (Å²) in [6.07, 6.45) is 2.48. The Morgan fingerprint density at radius 2 is 2.31 bits per heavy atom. The second kappa shape index (κ2) is 3.80. The molecule has 1 rings (SSSR count). The van der Waals surface area contributed by atoms with Gasteiger partial charge in [0.15, 0.2) is 0 Å². The third-order valence-corrected chi connectivity index (χ3v) is 3.07. The molecule has 1 unspecified atom stereocenters. The number of hydrogen-bond donors (Lipinski definition) is 1. The van der Waals surface area contributed by atoms with Gasteiger partial charge in [0.25, 0.3) is 0 Å². The summed E-state index contributed by atoms with van der Waals surface area (Å²) in [6, 6.07) is 0. The molecule has 0 bridgehead atoms. The van der Waals surface area contributed by atoms with E-state index >= 15 is 0 Å². The Morgan fingerprint density at radius 1 is 1.69 bits per heavy atom. The highest BCUT2D eigenvalue weighted by Gasteiger charge is 2.19. The van der Waals surface area contributed by atoms with E-state index in [9.17, 15) is 5.11 Å². The summed E-state index contributed by atoms with van der Waals surface area (Å²) in [4.78, 5) is 0. The largest absolute Gasteiger partial charge is 0.388 e. The lowest BCUT2D eigenvalue weighted by Gasteiger charge is -2.21. The summed E-state index contributed by atoms with van der Waals surface area (Å²) in [5, 5.41) is 14.0. The van der Waals surface area contributed by atoms with Crippen LogP contribution in [0.2, 0.25) is 0 Å². The smallest absolute Gasteiger partial charge is 0.0812 e. The first kappa shape index (κ1) is 10.7. The first-order chi connectivity index (χ1) is 5.96. The first-order valence-electron chi connectivity index (χ1n) is 4.36. The fraction of sp³-hybridized carbons (Fsp3) is 0.667. The molecule has 1 atom stereocenters. The molecule has 0 radical (unpaired) electrons. The van der Waals surface area contributed by atoms with Gasteiger partial charge in [-0.15, -0.1) is 0 Å². The summed E-state index contributed by atoms with van der Waals surface area (Å²) in [7, 11) is 0. The molecule has 1 heterocycles. The van der Waals surface area contributed by atoms with Crippen molar-refractivity contribution in [3.63, 3.8) is 0 Å². The van der Waals surface area contributed by atoms with E-state index in [1.807, 2.05) is 25.5 Å². The Morgan fingerprint density at radius 3 is 2.69 bits per heavy atom. The Labute approximate surface area is 86.9 Å². The zero-order valence-electron chi connectivity index (χ0n) is 8.21. The lowest BCUT2D eigenvalue weighted by atomic mass is 10.0. The van der Waals surface area contributed by atoms with Crippen LogP contribution in [0, 0.1) is 6.92 Å². The number of hydrogen-bond acceptors (Lipinski definition) is 2. The normalized spacial score (nSPS) is 15.8. The Balaban J connectivity index is 2.80. The Bertz CT molecular complexity index is 294. The molecule has 0 amide bonds. The van der Waals surface area contributed by atoms with Crippen LogP contribution in [-0.4, -0.2) is 20.5 Å². The maximum absolute atomic E-state index is 9.83. The third kappa shape index (κ3) is 2.54. The second-order valence-electron chi connectivity index (χ2n) is 3.59. The van der Waals surface area contributed by atoms with Crippen LogP contribution in [0.15, 0.2) is 10.7 Å². The molecule has 3 nitrogen and oxygen atoms in total. The Kier molecular flexibility index (Phi) is 3.14. The third-order valence-electron chi connectivity index (χ3n) is 2.30. The molecule has 0 fully saturated rings. The molecule has 0 aliphatic heterocycles. The monoisotopic (exact) mass is 246 g/mol. The number of nitrogens with zero attached hydrogens (tertiary/aromatic N) is 2. The molecular formula is C9H15BrN2O. The van der Waals surface area contributed by atoms with Crippen LogP contribution in [-0.2, 0) is 6.54 Å². The van der Waals surface area contributed by atoms with Gasteiger partial charge in [0, 0.05) is 5.69 Å². The molecule has 0 saturated heterocycles. The van der Waals surface area contributed by atoms with Crippen molar-refractivity contribution in [2.75, 3.05) is 0 Å². The number of aliphatic hydroxyl groups is 1. The maximum Gasteiger partial charge on any atom is 0.0812 e. The van der Waals surface area contributed by atoms with Gasteiger partial charge in [0.2, 0.25) is 0 Å². The van der Waals surface area contributed by atoms with Gasteiger partial charge in [-0.2, -0.15) is 5.10 Å². The van der Waals surface area contributed by atoms with Crippen molar-refractivity contribution >= 4 is 15.9 Å². The highest BCUT2D eigenvalue weighted by Crippen LogP contribution is 2.18. The van der Waals surface area contributed by atoms with E-state index in [4.69, 9.17) is 0 Å². The van der Waals surface area contributed by atoms with Gasteiger partial charge in [-0.1, -0.05) is 6.92 Å². The lowest BCUT2D eigenvalue weighted by molar-refractivity contribution is 0.0339. The van der Waals surface area contributed by atoms with Crippen LogP contribution in [0.25, 0.3) is 0 Å². The van der Waals surface area contributed by atoms with E-state index in [0.717, 1.165) is 16.6 Å². The molecular weight excluding hydrogens is 232 g/mol. The van der Waals surface area contributed by atoms with Gasteiger partial charge in [0.1, 0.15) is 0 Å². The number of rotatable bonds is 3. The quantitative estimate of drug-likeness (QED) is 0.888. The minimum Gasteiger partial charge on any atom is -0.388 e. The van der Waals surface area contributed by atoms with E-state index in [-0.39, 0.29) is 0 Å². The van der Waals surface area contributed by atoms with E-state index < -0.39 is 5.60 Å². The van der Waals surface area contributed by atoms with Crippen molar-refractivity contribution < 1.29 is 5.11 Å². The van der Waals surface area contributed by atoms with Gasteiger partial charge in [0.05, 0.1) is 22.8 Å². The SMILES string of the molecule is CCC(C)(O)Cn1ncc(Br)c1C. The summed E-state index contributed by atoms with van der Waals surface area (Å²) >= 11 is 3.38. The van der Waals surface area contributed by atoms with Gasteiger partial charge >= 0.3 is 0 Å². The van der Waals surface area contributed by atoms with Gasteiger partial charge in [-0.25, -0.2) is 0 Å². The van der Waals surface area contributed by atoms with Gasteiger partial charge in [-0.05, 0) is 36.2 Å². The molecule has 0 spiro atoms. The zero-order valence-corrected chi connectivity index (χ0v) is 9.80. The number of halogens is 1. The Hall–Kier alpha value is -0.350. The van der Waals surface area contributed by atoms with Crippen molar-refractivity contribution in [1.29, 1.82) is 0 Å². The molecule has 13 heavy (non-hydrogen) atoms. The maximum atomic E-state index is 9.83. The van der Waals surface area contributed by atoms with E-state index in [2.05, 4.69) is 21.0 Å². The van der Waals surface area contributed by atoms with Crippen molar-refractivity contribution in [3.05, 3.63) is 16.4 Å². The molecule has 0 aliphatic carbocycles. The topological polar surface area (TPSA) is 38.0 Å². The fourth-order valence-corrected chi connectivity index (χ4v) is 1.31. The van der Waals surface area contributed by atoms with Crippen molar-refractivity contribution in [3.8, 4) is 0 Å². The molecule has 1 aromatic heterocycles. The highest BCUT2D eigenvalue weighted by atomic mass is 79.9. The molecule has 74 valence electrons. The summed E-state index contributed by atoms with van der Waals surface area (Å²) < 4.78 is 2.80. The predicted octanol–water partition coefficient (Wildman–Crippen LogP) is 2.12. The molecule has 4 heteroatoms.